The van der Waals surface area contributed by atoms with E-state index in [-0.39, 0.29) is 16.4 Å². The monoisotopic (exact) mass is 472 g/mol. The highest BCUT2D eigenvalue weighted by molar-refractivity contribution is 7.12. The molecule has 0 fully saturated rings. The number of anilines is 1. The highest BCUT2D eigenvalue weighted by atomic mass is 35.5. The van der Waals surface area contributed by atoms with Gasteiger partial charge in [0.25, 0.3) is 5.91 Å². The van der Waals surface area contributed by atoms with Gasteiger partial charge in [0.2, 0.25) is 0 Å². The van der Waals surface area contributed by atoms with Gasteiger partial charge in [0, 0.05) is 16.0 Å². The number of nitrogens with one attached hydrogen (secondary N) is 1. The molecule has 0 aromatic carbocycles. The summed E-state index contributed by atoms with van der Waals surface area (Å²) in [6, 6.07) is 7.84. The molecule has 0 saturated carbocycles. The van der Waals surface area contributed by atoms with Crippen molar-refractivity contribution in [3.63, 3.8) is 0 Å². The number of aromatic nitrogens is 1. The van der Waals surface area contributed by atoms with Crippen LogP contribution in [0.15, 0.2) is 47.3 Å². The van der Waals surface area contributed by atoms with E-state index in [4.69, 9.17) is 16.3 Å². The SMILES string of the molecule is O=C(COC(=O)C(=Cc1cccs1)c1cccs1)Nc1ncc(C(F)(F)F)cc1Cl. The van der Waals surface area contributed by atoms with Crippen LogP contribution >= 0.6 is 34.3 Å². The van der Waals surface area contributed by atoms with E-state index in [1.54, 1.807) is 23.6 Å². The van der Waals surface area contributed by atoms with Gasteiger partial charge in [-0.05, 0) is 35.0 Å². The van der Waals surface area contributed by atoms with Crippen LogP contribution in [0.25, 0.3) is 11.6 Å². The predicted molar refractivity (Wildman–Crippen MR) is 110 cm³/mol. The summed E-state index contributed by atoms with van der Waals surface area (Å²) in [5.74, 6) is -1.77. The minimum absolute atomic E-state index is 0.265. The van der Waals surface area contributed by atoms with Crippen LogP contribution in [0, 0.1) is 0 Å². The number of hydrogen-bond acceptors (Lipinski definition) is 6. The lowest BCUT2D eigenvalue weighted by molar-refractivity contribution is -0.141. The van der Waals surface area contributed by atoms with Gasteiger partial charge in [-0.15, -0.1) is 22.7 Å². The number of carbonyl (C=O) groups is 2. The zero-order valence-corrected chi connectivity index (χ0v) is 17.3. The van der Waals surface area contributed by atoms with Gasteiger partial charge in [-0.1, -0.05) is 23.7 Å². The first kappa shape index (κ1) is 22.0. The number of amides is 1. The number of alkyl halides is 3. The maximum atomic E-state index is 12.7. The average molecular weight is 473 g/mol. The van der Waals surface area contributed by atoms with Crippen LogP contribution in [0.5, 0.6) is 0 Å². The van der Waals surface area contributed by atoms with Crippen molar-refractivity contribution >= 4 is 63.6 Å². The Morgan fingerprint density at radius 2 is 1.93 bits per heavy atom. The molecule has 0 aliphatic rings. The number of thiophene rings is 2. The number of halogens is 4. The summed E-state index contributed by atoms with van der Waals surface area (Å²) < 4.78 is 43.0. The molecular weight excluding hydrogens is 461 g/mol. The van der Waals surface area contributed by atoms with E-state index in [0.29, 0.717) is 17.1 Å². The van der Waals surface area contributed by atoms with Crippen LogP contribution in [-0.2, 0) is 20.5 Å². The third-order valence-corrected chi connectivity index (χ3v) is 5.61. The Morgan fingerprint density at radius 1 is 1.20 bits per heavy atom. The number of nitrogens with zero attached hydrogens (tertiary/aromatic N) is 1. The molecule has 0 spiro atoms. The molecule has 0 saturated heterocycles. The third kappa shape index (κ3) is 5.68. The molecule has 1 N–H and O–H groups in total. The van der Waals surface area contributed by atoms with Crippen molar-refractivity contribution in [2.24, 2.45) is 0 Å². The summed E-state index contributed by atoms with van der Waals surface area (Å²) in [7, 11) is 0. The maximum absolute atomic E-state index is 12.7. The minimum Gasteiger partial charge on any atom is -0.452 e. The van der Waals surface area contributed by atoms with Crippen molar-refractivity contribution in [1.82, 2.24) is 4.98 Å². The van der Waals surface area contributed by atoms with Crippen molar-refractivity contribution in [3.8, 4) is 0 Å². The minimum atomic E-state index is -4.61. The van der Waals surface area contributed by atoms with Crippen LogP contribution in [0.4, 0.5) is 19.0 Å². The topological polar surface area (TPSA) is 68.3 Å². The van der Waals surface area contributed by atoms with Crippen LogP contribution in [-0.4, -0.2) is 23.5 Å². The molecule has 156 valence electrons. The summed E-state index contributed by atoms with van der Waals surface area (Å²) in [5, 5.41) is 5.49. The average Bonchev–Trinajstić information content (AvgIpc) is 3.39. The molecule has 3 aromatic heterocycles. The van der Waals surface area contributed by atoms with E-state index in [9.17, 15) is 22.8 Å². The van der Waals surface area contributed by atoms with Crippen LogP contribution in [0.1, 0.15) is 15.3 Å². The third-order valence-electron chi connectivity index (χ3n) is 3.60. The van der Waals surface area contributed by atoms with Gasteiger partial charge in [0.1, 0.15) is 0 Å². The Morgan fingerprint density at radius 3 is 2.53 bits per heavy atom. The molecule has 3 aromatic rings. The van der Waals surface area contributed by atoms with E-state index in [2.05, 4.69) is 10.3 Å². The Bertz CT molecular complexity index is 1070. The Balaban J connectivity index is 1.65. The molecule has 0 atom stereocenters. The molecule has 30 heavy (non-hydrogen) atoms. The molecule has 5 nitrogen and oxygen atoms in total. The fraction of sp³-hybridized carbons (Fsp3) is 0.105. The maximum Gasteiger partial charge on any atom is 0.417 e. The summed E-state index contributed by atoms with van der Waals surface area (Å²) in [5.41, 5.74) is -0.762. The second-order valence-corrected chi connectivity index (χ2v) is 8.06. The normalized spacial score (nSPS) is 11.9. The second-order valence-electron chi connectivity index (χ2n) is 5.73. The Kier molecular flexibility index (Phi) is 6.91. The van der Waals surface area contributed by atoms with Gasteiger partial charge in [0.15, 0.2) is 12.4 Å². The Hall–Kier alpha value is -2.69. The van der Waals surface area contributed by atoms with Crippen LogP contribution in [0.2, 0.25) is 5.02 Å². The summed E-state index contributed by atoms with van der Waals surface area (Å²) in [4.78, 5) is 29.6. The largest absolute Gasteiger partial charge is 0.452 e. The quantitative estimate of drug-likeness (QED) is 0.374. The standard InChI is InChI=1S/C19H12ClF3N2O3S2/c20-14-7-11(19(21,22)23)9-24-17(14)25-16(26)10-28-18(27)13(15-4-2-6-30-15)8-12-3-1-5-29-12/h1-9H,10H2,(H,24,25,26). The summed E-state index contributed by atoms with van der Waals surface area (Å²) in [6.07, 6.45) is -2.40. The lowest BCUT2D eigenvalue weighted by atomic mass is 10.2. The van der Waals surface area contributed by atoms with Gasteiger partial charge in [-0.3, -0.25) is 4.79 Å². The van der Waals surface area contributed by atoms with Crippen molar-refractivity contribution in [3.05, 3.63) is 67.6 Å². The molecule has 3 rings (SSSR count). The van der Waals surface area contributed by atoms with E-state index >= 15 is 0 Å². The van der Waals surface area contributed by atoms with Gasteiger partial charge >= 0.3 is 12.1 Å². The number of ether oxygens (including phenoxy) is 1. The van der Waals surface area contributed by atoms with Gasteiger partial charge in [-0.25, -0.2) is 9.78 Å². The first-order chi connectivity index (χ1) is 14.2. The number of esters is 1. The molecule has 0 bridgehead atoms. The van der Waals surface area contributed by atoms with E-state index in [1.807, 2.05) is 17.5 Å². The van der Waals surface area contributed by atoms with E-state index < -0.39 is 30.2 Å². The fourth-order valence-corrected chi connectivity index (χ4v) is 3.84. The van der Waals surface area contributed by atoms with Crippen molar-refractivity contribution < 1.29 is 27.5 Å². The lowest BCUT2D eigenvalue weighted by Gasteiger charge is -2.11. The second kappa shape index (κ2) is 9.41. The smallest absolute Gasteiger partial charge is 0.417 e. The van der Waals surface area contributed by atoms with E-state index in [1.165, 1.54) is 22.7 Å². The lowest BCUT2D eigenvalue weighted by Crippen LogP contribution is -2.22. The number of hydrogen-bond donors (Lipinski definition) is 1. The highest BCUT2D eigenvalue weighted by Crippen LogP contribution is 2.32. The molecule has 0 aliphatic carbocycles. The first-order valence-corrected chi connectivity index (χ1v) is 10.4. The summed E-state index contributed by atoms with van der Waals surface area (Å²) in [6.45, 7) is -0.662. The number of pyridine rings is 1. The molecule has 0 unspecified atom stereocenters. The number of rotatable bonds is 6. The molecule has 1 amide bonds. The van der Waals surface area contributed by atoms with Gasteiger partial charge in [0.05, 0.1) is 16.2 Å². The van der Waals surface area contributed by atoms with Crippen molar-refractivity contribution in [1.29, 1.82) is 0 Å². The molecule has 0 radical (unpaired) electrons. The van der Waals surface area contributed by atoms with Gasteiger partial charge in [-0.2, -0.15) is 13.2 Å². The zero-order chi connectivity index (χ0) is 21.7. The van der Waals surface area contributed by atoms with Gasteiger partial charge < -0.3 is 10.1 Å². The van der Waals surface area contributed by atoms with Crippen molar-refractivity contribution in [2.45, 2.75) is 6.18 Å². The number of carbonyl (C=O) groups excluding carboxylic acids is 2. The fourth-order valence-electron chi connectivity index (χ4n) is 2.24. The predicted octanol–water partition coefficient (Wildman–Crippen LogP) is 5.60. The van der Waals surface area contributed by atoms with Crippen LogP contribution < -0.4 is 5.32 Å². The molecule has 11 heteroatoms. The molecule has 0 aliphatic heterocycles. The van der Waals surface area contributed by atoms with E-state index in [0.717, 1.165) is 4.88 Å². The Labute approximate surface area is 181 Å². The van der Waals surface area contributed by atoms with Crippen LogP contribution in [0.3, 0.4) is 0 Å². The highest BCUT2D eigenvalue weighted by Gasteiger charge is 2.31. The summed E-state index contributed by atoms with van der Waals surface area (Å²) >= 11 is 8.52. The molecular formula is C19H12ClF3N2O3S2. The zero-order valence-electron chi connectivity index (χ0n) is 14.9. The first-order valence-electron chi connectivity index (χ1n) is 8.23. The van der Waals surface area contributed by atoms with Crippen molar-refractivity contribution in [2.75, 3.05) is 11.9 Å². The molecule has 3 heterocycles.